The quantitative estimate of drug-likeness (QED) is 0.773. The number of nitrogens with zero attached hydrogens (tertiary/aromatic N) is 1. The van der Waals surface area contributed by atoms with E-state index in [1.165, 1.54) is 37.1 Å². The van der Waals surface area contributed by atoms with E-state index in [0.29, 0.717) is 0 Å². The van der Waals surface area contributed by atoms with Crippen LogP contribution in [0.25, 0.3) is 0 Å². The molecule has 0 spiro atoms. The average Bonchev–Trinajstić information content (AvgIpc) is 2.69. The number of carbonyl (C=O) groups is 1. The molecule has 1 saturated heterocycles. The van der Waals surface area contributed by atoms with Crippen molar-refractivity contribution in [3.8, 4) is 0 Å². The second-order valence-electron chi connectivity index (χ2n) is 8.00. The standard InChI is InChI=1S/C24H32N2O/c1-4-23(21-9-5-18(2)6-10-21)25-24(27)22-11-7-20(8-12-22)17-26-15-13-19(3)14-16-26/h5-12,19,23H,4,13-17H2,1-3H3,(H,25,27). The van der Waals surface area contributed by atoms with Crippen molar-refractivity contribution in [3.63, 3.8) is 0 Å². The van der Waals surface area contributed by atoms with E-state index in [2.05, 4.69) is 67.4 Å². The molecule has 1 aliphatic rings. The van der Waals surface area contributed by atoms with Crippen LogP contribution in [0.3, 0.4) is 0 Å². The number of likely N-dealkylation sites (tertiary alicyclic amines) is 1. The van der Waals surface area contributed by atoms with Gasteiger partial charge in [-0.1, -0.05) is 55.8 Å². The van der Waals surface area contributed by atoms with Gasteiger partial charge in [0.1, 0.15) is 0 Å². The topological polar surface area (TPSA) is 32.3 Å². The molecule has 144 valence electrons. The Morgan fingerprint density at radius 3 is 2.30 bits per heavy atom. The Kier molecular flexibility index (Phi) is 6.68. The summed E-state index contributed by atoms with van der Waals surface area (Å²) in [5.74, 6) is 0.855. The third-order valence-corrected chi connectivity index (χ3v) is 5.69. The lowest BCUT2D eigenvalue weighted by Gasteiger charge is -2.30. The number of nitrogens with one attached hydrogen (secondary N) is 1. The zero-order chi connectivity index (χ0) is 19.2. The Balaban J connectivity index is 1.58. The van der Waals surface area contributed by atoms with Gasteiger partial charge in [-0.2, -0.15) is 0 Å². The molecule has 1 aliphatic heterocycles. The molecule has 1 fully saturated rings. The molecule has 1 atom stereocenters. The van der Waals surface area contributed by atoms with Gasteiger partial charge in [-0.25, -0.2) is 0 Å². The number of carbonyl (C=O) groups excluding carboxylic acids is 1. The summed E-state index contributed by atoms with van der Waals surface area (Å²) in [6.07, 6.45) is 3.45. The number of hydrogen-bond donors (Lipinski definition) is 1. The van der Waals surface area contributed by atoms with Crippen LogP contribution in [0.2, 0.25) is 0 Å². The Bertz CT molecular complexity index is 728. The number of piperidine rings is 1. The first-order valence-electron chi connectivity index (χ1n) is 10.2. The second kappa shape index (κ2) is 9.18. The van der Waals surface area contributed by atoms with Crippen LogP contribution in [-0.4, -0.2) is 23.9 Å². The summed E-state index contributed by atoms with van der Waals surface area (Å²) in [6, 6.07) is 16.6. The molecule has 1 unspecified atom stereocenters. The summed E-state index contributed by atoms with van der Waals surface area (Å²) in [4.78, 5) is 15.2. The predicted molar refractivity (Wildman–Crippen MR) is 112 cm³/mol. The summed E-state index contributed by atoms with van der Waals surface area (Å²) in [5, 5.41) is 3.18. The fraction of sp³-hybridized carbons (Fsp3) is 0.458. The molecule has 3 nitrogen and oxygen atoms in total. The first-order valence-corrected chi connectivity index (χ1v) is 10.2. The van der Waals surface area contributed by atoms with Crippen molar-refractivity contribution in [3.05, 3.63) is 70.8 Å². The molecule has 2 aromatic carbocycles. The number of rotatable bonds is 6. The van der Waals surface area contributed by atoms with Crippen LogP contribution in [0.4, 0.5) is 0 Å². The zero-order valence-corrected chi connectivity index (χ0v) is 16.9. The van der Waals surface area contributed by atoms with Crippen LogP contribution in [0, 0.1) is 12.8 Å². The van der Waals surface area contributed by atoms with Gasteiger partial charge in [-0.3, -0.25) is 9.69 Å². The van der Waals surface area contributed by atoms with Gasteiger partial charge in [0, 0.05) is 12.1 Å². The number of hydrogen-bond acceptors (Lipinski definition) is 2. The smallest absolute Gasteiger partial charge is 0.251 e. The van der Waals surface area contributed by atoms with E-state index >= 15 is 0 Å². The minimum absolute atomic E-state index is 0.000715. The highest BCUT2D eigenvalue weighted by atomic mass is 16.1. The van der Waals surface area contributed by atoms with E-state index in [1.807, 2.05) is 12.1 Å². The molecule has 0 aliphatic carbocycles. The Labute approximate surface area is 163 Å². The van der Waals surface area contributed by atoms with Crippen molar-refractivity contribution < 1.29 is 4.79 Å². The van der Waals surface area contributed by atoms with E-state index in [1.54, 1.807) is 0 Å². The lowest BCUT2D eigenvalue weighted by atomic mass is 9.98. The van der Waals surface area contributed by atoms with Crippen molar-refractivity contribution >= 4 is 5.91 Å². The van der Waals surface area contributed by atoms with E-state index in [-0.39, 0.29) is 11.9 Å². The first kappa shape index (κ1) is 19.6. The van der Waals surface area contributed by atoms with Crippen molar-refractivity contribution in [2.75, 3.05) is 13.1 Å². The van der Waals surface area contributed by atoms with Gasteiger partial charge < -0.3 is 5.32 Å². The number of benzene rings is 2. The SMILES string of the molecule is CCC(NC(=O)c1ccc(CN2CCC(C)CC2)cc1)c1ccc(C)cc1. The summed E-state index contributed by atoms with van der Waals surface area (Å²) in [7, 11) is 0. The lowest BCUT2D eigenvalue weighted by Crippen LogP contribution is -2.32. The van der Waals surface area contributed by atoms with Gasteiger partial charge >= 0.3 is 0 Å². The Morgan fingerprint density at radius 1 is 1.07 bits per heavy atom. The van der Waals surface area contributed by atoms with Crippen molar-refractivity contribution in [2.45, 2.75) is 52.6 Å². The highest BCUT2D eigenvalue weighted by Gasteiger charge is 2.17. The molecule has 1 amide bonds. The molecular formula is C24H32N2O. The Hall–Kier alpha value is -2.13. The van der Waals surface area contributed by atoms with Gasteiger partial charge in [-0.05, 0) is 68.5 Å². The minimum Gasteiger partial charge on any atom is -0.345 e. The third kappa shape index (κ3) is 5.43. The van der Waals surface area contributed by atoms with E-state index in [0.717, 1.165) is 30.0 Å². The van der Waals surface area contributed by atoms with Crippen molar-refractivity contribution in [1.82, 2.24) is 10.2 Å². The molecule has 3 rings (SSSR count). The zero-order valence-electron chi connectivity index (χ0n) is 16.9. The maximum Gasteiger partial charge on any atom is 0.251 e. The average molecular weight is 365 g/mol. The first-order chi connectivity index (χ1) is 13.0. The fourth-order valence-corrected chi connectivity index (χ4v) is 3.70. The monoisotopic (exact) mass is 364 g/mol. The largest absolute Gasteiger partial charge is 0.345 e. The maximum atomic E-state index is 12.7. The van der Waals surface area contributed by atoms with Gasteiger partial charge in [0.2, 0.25) is 0 Å². The molecular weight excluding hydrogens is 332 g/mol. The van der Waals surface area contributed by atoms with Gasteiger partial charge in [-0.15, -0.1) is 0 Å². The molecule has 0 bridgehead atoms. The number of aryl methyl sites for hydroxylation is 1. The summed E-state index contributed by atoms with van der Waals surface area (Å²) >= 11 is 0. The molecule has 0 aromatic heterocycles. The van der Waals surface area contributed by atoms with Crippen LogP contribution < -0.4 is 5.32 Å². The van der Waals surface area contributed by atoms with Crippen LogP contribution in [0.5, 0.6) is 0 Å². The molecule has 0 radical (unpaired) electrons. The van der Waals surface area contributed by atoms with Crippen molar-refractivity contribution in [1.29, 1.82) is 0 Å². The summed E-state index contributed by atoms with van der Waals surface area (Å²) in [6.45, 7) is 9.86. The van der Waals surface area contributed by atoms with E-state index < -0.39 is 0 Å². The molecule has 2 aromatic rings. The molecule has 0 saturated carbocycles. The predicted octanol–water partition coefficient (Wildman–Crippen LogP) is 5.11. The van der Waals surface area contributed by atoms with Crippen LogP contribution in [0.1, 0.15) is 66.2 Å². The van der Waals surface area contributed by atoms with Gasteiger partial charge in [0.05, 0.1) is 6.04 Å². The highest BCUT2D eigenvalue weighted by molar-refractivity contribution is 5.94. The van der Waals surface area contributed by atoms with Crippen LogP contribution in [-0.2, 0) is 6.54 Å². The molecule has 27 heavy (non-hydrogen) atoms. The van der Waals surface area contributed by atoms with E-state index in [4.69, 9.17) is 0 Å². The lowest BCUT2D eigenvalue weighted by molar-refractivity contribution is 0.0935. The second-order valence-corrected chi connectivity index (χ2v) is 8.00. The maximum absolute atomic E-state index is 12.7. The van der Waals surface area contributed by atoms with E-state index in [9.17, 15) is 4.79 Å². The number of amides is 1. The van der Waals surface area contributed by atoms with Crippen molar-refractivity contribution in [2.24, 2.45) is 5.92 Å². The normalized spacial score (nSPS) is 16.9. The summed E-state index contributed by atoms with van der Waals surface area (Å²) < 4.78 is 0. The van der Waals surface area contributed by atoms with Gasteiger partial charge in [0.25, 0.3) is 5.91 Å². The van der Waals surface area contributed by atoms with Gasteiger partial charge in [0.15, 0.2) is 0 Å². The third-order valence-electron chi connectivity index (χ3n) is 5.69. The highest BCUT2D eigenvalue weighted by Crippen LogP contribution is 2.20. The molecule has 1 heterocycles. The Morgan fingerprint density at radius 2 is 1.70 bits per heavy atom. The molecule has 1 N–H and O–H groups in total. The molecule has 3 heteroatoms. The van der Waals surface area contributed by atoms with Crippen LogP contribution >= 0.6 is 0 Å². The summed E-state index contributed by atoms with van der Waals surface area (Å²) in [5.41, 5.74) is 4.41. The van der Waals surface area contributed by atoms with Crippen LogP contribution in [0.15, 0.2) is 48.5 Å². The fourth-order valence-electron chi connectivity index (χ4n) is 3.70. The minimum atomic E-state index is 0.000715.